The van der Waals surface area contributed by atoms with Crippen LogP contribution in [0.2, 0.25) is 0 Å². The monoisotopic (exact) mass is 210 g/mol. The molecule has 0 heterocycles. The Morgan fingerprint density at radius 1 is 1.07 bits per heavy atom. The predicted octanol–water partition coefficient (Wildman–Crippen LogP) is 2.39. The van der Waals surface area contributed by atoms with Crippen LogP contribution < -0.4 is 0 Å². The molecule has 0 aliphatic rings. The van der Waals surface area contributed by atoms with Crippen LogP contribution >= 0.6 is 0 Å². The normalized spacial score (nSPS) is 11.3. The number of carbonyl (C=O) groups excluding carboxylic acids is 2. The van der Waals surface area contributed by atoms with E-state index in [4.69, 9.17) is 0 Å². The van der Waals surface area contributed by atoms with Gasteiger partial charge >= 0.3 is 0 Å². The van der Waals surface area contributed by atoms with Gasteiger partial charge in [0.05, 0.1) is 12.6 Å². The number of hydrogen-bond donors (Lipinski definition) is 0. The molecule has 4 heteroatoms. The molecule has 4 nitrogen and oxygen atoms in total. The Morgan fingerprint density at radius 3 is 2.47 bits per heavy atom. The van der Waals surface area contributed by atoms with Crippen molar-refractivity contribution in [3.8, 4) is 0 Å². The Kier molecular flexibility index (Phi) is 9.94. The number of rotatable bonds is 9. The number of unbranched alkanes of at least 4 members (excludes halogenated alkanes) is 2. The van der Waals surface area contributed by atoms with Crippen molar-refractivity contribution < 1.29 is 9.59 Å². The summed E-state index contributed by atoms with van der Waals surface area (Å²) in [7, 11) is 0. The van der Waals surface area contributed by atoms with Crippen molar-refractivity contribution in [2.45, 2.75) is 51.5 Å². The van der Waals surface area contributed by atoms with Crippen molar-refractivity contribution in [1.82, 2.24) is 0 Å². The van der Waals surface area contributed by atoms with Gasteiger partial charge in [0, 0.05) is 0 Å². The van der Waals surface area contributed by atoms with Crippen LogP contribution in [0.15, 0.2) is 9.98 Å². The molecule has 0 aliphatic heterocycles. The average Bonchev–Trinajstić information content (AvgIpc) is 2.24. The van der Waals surface area contributed by atoms with Gasteiger partial charge in [-0.3, -0.25) is 0 Å². The second-order valence-electron chi connectivity index (χ2n) is 3.49. The van der Waals surface area contributed by atoms with Gasteiger partial charge in [-0.1, -0.05) is 26.2 Å². The number of aliphatic imine (C=N–C) groups is 2. The van der Waals surface area contributed by atoms with Crippen LogP contribution in [-0.4, -0.2) is 24.7 Å². The minimum Gasteiger partial charge on any atom is -0.211 e. The topological polar surface area (TPSA) is 58.9 Å². The van der Waals surface area contributed by atoms with Crippen molar-refractivity contribution in [3.63, 3.8) is 0 Å². The molecule has 0 amide bonds. The van der Waals surface area contributed by atoms with E-state index in [-0.39, 0.29) is 6.04 Å². The maximum absolute atomic E-state index is 10.1. The van der Waals surface area contributed by atoms with Crippen LogP contribution in [0.1, 0.15) is 45.4 Å². The number of hydrogen-bond acceptors (Lipinski definition) is 4. The zero-order valence-electron chi connectivity index (χ0n) is 9.24. The van der Waals surface area contributed by atoms with Gasteiger partial charge < -0.3 is 0 Å². The van der Waals surface area contributed by atoms with E-state index >= 15 is 0 Å². The van der Waals surface area contributed by atoms with E-state index < -0.39 is 0 Å². The van der Waals surface area contributed by atoms with Crippen LogP contribution in [0.3, 0.4) is 0 Å². The lowest BCUT2D eigenvalue weighted by Crippen LogP contribution is -2.03. The van der Waals surface area contributed by atoms with E-state index in [1.165, 1.54) is 6.08 Å². The number of isocyanates is 2. The molecular formula is C11H18N2O2. The standard InChI is InChI=1S/C11H18N2O2/c1-2-6-11(13-10-15)7-4-3-5-8-12-9-14/h11H,2-8H2,1H3. The quantitative estimate of drug-likeness (QED) is 0.333. The molecule has 0 spiro atoms. The van der Waals surface area contributed by atoms with Gasteiger partial charge in [-0.05, 0) is 19.3 Å². The highest BCUT2D eigenvalue weighted by atomic mass is 16.1. The van der Waals surface area contributed by atoms with Crippen LogP contribution in [0, 0.1) is 0 Å². The first-order chi connectivity index (χ1) is 7.35. The van der Waals surface area contributed by atoms with Crippen molar-refractivity contribution >= 4 is 12.2 Å². The summed E-state index contributed by atoms with van der Waals surface area (Å²) >= 11 is 0. The second-order valence-corrected chi connectivity index (χ2v) is 3.49. The Labute approximate surface area is 90.5 Å². The smallest absolute Gasteiger partial charge is 0.211 e. The molecule has 0 radical (unpaired) electrons. The molecule has 0 aromatic rings. The molecule has 15 heavy (non-hydrogen) atoms. The van der Waals surface area contributed by atoms with Crippen LogP contribution in [0.5, 0.6) is 0 Å². The van der Waals surface area contributed by atoms with E-state index in [0.717, 1.165) is 38.5 Å². The summed E-state index contributed by atoms with van der Waals surface area (Å²) in [6, 6.07) is 0.127. The van der Waals surface area contributed by atoms with Gasteiger partial charge in [0.15, 0.2) is 0 Å². The van der Waals surface area contributed by atoms with Crippen LogP contribution in [0.25, 0.3) is 0 Å². The molecule has 1 unspecified atom stereocenters. The predicted molar refractivity (Wildman–Crippen MR) is 58.3 cm³/mol. The Morgan fingerprint density at radius 2 is 1.87 bits per heavy atom. The van der Waals surface area contributed by atoms with Gasteiger partial charge in [-0.15, -0.1) is 0 Å². The first-order valence-electron chi connectivity index (χ1n) is 5.45. The van der Waals surface area contributed by atoms with Gasteiger partial charge in [0.1, 0.15) is 0 Å². The zero-order valence-corrected chi connectivity index (χ0v) is 9.24. The summed E-state index contributed by atoms with van der Waals surface area (Å²) in [6.45, 7) is 2.63. The van der Waals surface area contributed by atoms with Gasteiger partial charge in [0.2, 0.25) is 12.2 Å². The second kappa shape index (κ2) is 10.8. The lowest BCUT2D eigenvalue weighted by Gasteiger charge is -2.07. The molecule has 0 aliphatic carbocycles. The first kappa shape index (κ1) is 13.8. The van der Waals surface area contributed by atoms with E-state index in [0.29, 0.717) is 6.54 Å². The summed E-state index contributed by atoms with van der Waals surface area (Å²) in [5.41, 5.74) is 0. The molecule has 0 fully saturated rings. The van der Waals surface area contributed by atoms with Crippen molar-refractivity contribution in [3.05, 3.63) is 0 Å². The molecule has 0 rings (SSSR count). The van der Waals surface area contributed by atoms with Crippen molar-refractivity contribution in [2.24, 2.45) is 9.98 Å². The fourth-order valence-corrected chi connectivity index (χ4v) is 1.47. The highest BCUT2D eigenvalue weighted by Crippen LogP contribution is 2.11. The largest absolute Gasteiger partial charge is 0.235 e. The summed E-state index contributed by atoms with van der Waals surface area (Å²) < 4.78 is 0. The summed E-state index contributed by atoms with van der Waals surface area (Å²) in [6.07, 6.45) is 8.97. The molecule has 0 saturated heterocycles. The summed E-state index contributed by atoms with van der Waals surface area (Å²) in [5, 5.41) is 0. The Bertz CT molecular complexity index is 241. The molecule has 0 N–H and O–H groups in total. The summed E-state index contributed by atoms with van der Waals surface area (Å²) in [5.74, 6) is 0. The molecule has 0 aromatic carbocycles. The van der Waals surface area contributed by atoms with E-state index in [1.807, 2.05) is 0 Å². The molecular weight excluding hydrogens is 192 g/mol. The molecule has 0 aromatic heterocycles. The Hall–Kier alpha value is -1.24. The fraction of sp³-hybridized carbons (Fsp3) is 0.818. The number of nitrogens with zero attached hydrogens (tertiary/aromatic N) is 2. The van der Waals surface area contributed by atoms with Crippen LogP contribution in [0.4, 0.5) is 0 Å². The lowest BCUT2D eigenvalue weighted by atomic mass is 10.0. The summed E-state index contributed by atoms with van der Waals surface area (Å²) in [4.78, 5) is 27.1. The maximum Gasteiger partial charge on any atom is 0.235 e. The first-order valence-corrected chi connectivity index (χ1v) is 5.45. The maximum atomic E-state index is 10.1. The minimum absolute atomic E-state index is 0.127. The third-order valence-corrected chi connectivity index (χ3v) is 2.23. The van der Waals surface area contributed by atoms with Crippen LogP contribution in [-0.2, 0) is 9.59 Å². The minimum atomic E-state index is 0.127. The lowest BCUT2D eigenvalue weighted by molar-refractivity contribution is 0.508. The molecule has 0 saturated carbocycles. The van der Waals surface area contributed by atoms with Gasteiger partial charge in [-0.25, -0.2) is 19.6 Å². The average molecular weight is 210 g/mol. The van der Waals surface area contributed by atoms with Crippen molar-refractivity contribution in [2.75, 3.05) is 6.54 Å². The molecule has 0 bridgehead atoms. The zero-order chi connectivity index (χ0) is 11.4. The Balaban J connectivity index is 3.52. The third-order valence-electron chi connectivity index (χ3n) is 2.23. The third kappa shape index (κ3) is 9.07. The van der Waals surface area contributed by atoms with E-state index in [2.05, 4.69) is 16.9 Å². The van der Waals surface area contributed by atoms with E-state index in [9.17, 15) is 9.59 Å². The highest BCUT2D eigenvalue weighted by Gasteiger charge is 2.04. The highest BCUT2D eigenvalue weighted by molar-refractivity contribution is 5.33. The van der Waals surface area contributed by atoms with Gasteiger partial charge in [0.25, 0.3) is 0 Å². The molecule has 1 atom stereocenters. The van der Waals surface area contributed by atoms with Crippen molar-refractivity contribution in [1.29, 1.82) is 0 Å². The molecule has 84 valence electrons. The fourth-order valence-electron chi connectivity index (χ4n) is 1.47. The van der Waals surface area contributed by atoms with Gasteiger partial charge in [-0.2, -0.15) is 0 Å². The SMILES string of the molecule is CCCC(CCCCCN=C=O)N=C=O. The van der Waals surface area contributed by atoms with E-state index in [1.54, 1.807) is 6.08 Å².